The van der Waals surface area contributed by atoms with Crippen molar-refractivity contribution in [2.24, 2.45) is 11.8 Å². The fraction of sp³-hybridized carbons (Fsp3) is 0.800. The summed E-state index contributed by atoms with van der Waals surface area (Å²) >= 11 is 0. The Morgan fingerprint density at radius 2 is 1.92 bits per heavy atom. The monoisotopic (exact) mass is 158 g/mol. The topological polar surface area (TPSA) is 23.1 Å². The van der Waals surface area contributed by atoms with Crippen molar-refractivity contribution in [1.29, 1.82) is 0 Å². The zero-order valence-corrected chi connectivity index (χ0v) is 7.88. The average Bonchev–Trinajstić information content (AvgIpc) is 2.06. The van der Waals surface area contributed by atoms with E-state index in [1.54, 1.807) is 0 Å². The summed E-state index contributed by atoms with van der Waals surface area (Å²) in [7, 11) is 0. The Balaban J connectivity index is 0.000000720. The first-order valence-electron chi connectivity index (χ1n) is 4.75. The molecule has 0 aromatic carbocycles. The van der Waals surface area contributed by atoms with Crippen molar-refractivity contribution < 1.29 is 24.0 Å². The van der Waals surface area contributed by atoms with Gasteiger partial charge in [0.15, 0.2) is 0 Å². The molecule has 2 atom stereocenters. The maximum absolute atomic E-state index is 11.4. The van der Waals surface area contributed by atoms with E-state index in [-0.39, 0.29) is 18.9 Å². The van der Waals surface area contributed by atoms with E-state index < -0.39 is 0 Å². The average molecular weight is 158 g/mol. The molecule has 0 spiro atoms. The molecule has 2 aliphatic carbocycles. The molecule has 1 fully saturated rings. The molecule has 1 saturated carbocycles. The molecule has 0 N–H and O–H groups in total. The smallest absolute Gasteiger partial charge is 0.875 e. The van der Waals surface area contributed by atoms with Crippen LogP contribution in [0.5, 0.6) is 0 Å². The predicted octanol–water partition coefficient (Wildman–Crippen LogP) is -1.17. The quantitative estimate of drug-likeness (QED) is 0.408. The maximum Gasteiger partial charge on any atom is 1.00 e. The zero-order valence-electron chi connectivity index (χ0n) is 7.88. The fourth-order valence-corrected chi connectivity index (χ4v) is 2.52. The SMILES string of the molecule is [Li+].[O-]C1=CCC[C@H]2CCCC[C@H]12. The van der Waals surface area contributed by atoms with Crippen LogP contribution in [0.3, 0.4) is 0 Å². The van der Waals surface area contributed by atoms with E-state index in [0.29, 0.717) is 11.7 Å². The standard InChI is InChI=1S/C10H16O.Li/c11-10-7-3-5-8-4-1-2-6-9(8)10;/h7-9,11H,1-6H2;/q;+1/p-1/t8-,9+;/m1./s1. The van der Waals surface area contributed by atoms with Crippen LogP contribution >= 0.6 is 0 Å². The second kappa shape index (κ2) is 4.40. The molecule has 12 heavy (non-hydrogen) atoms. The molecule has 0 radical (unpaired) electrons. The number of allylic oxidation sites excluding steroid dienone is 2. The van der Waals surface area contributed by atoms with E-state index in [0.717, 1.165) is 12.3 Å². The second-order valence-electron chi connectivity index (χ2n) is 3.83. The number of hydrogen-bond donors (Lipinski definition) is 0. The van der Waals surface area contributed by atoms with Gasteiger partial charge in [0.05, 0.1) is 0 Å². The third-order valence-corrected chi connectivity index (χ3v) is 3.16. The molecule has 0 unspecified atom stereocenters. The second-order valence-corrected chi connectivity index (χ2v) is 3.83. The third-order valence-electron chi connectivity index (χ3n) is 3.16. The molecular weight excluding hydrogens is 143 g/mol. The molecule has 0 heterocycles. The summed E-state index contributed by atoms with van der Waals surface area (Å²) in [6, 6.07) is 0. The van der Waals surface area contributed by atoms with Gasteiger partial charge in [0.25, 0.3) is 0 Å². The van der Waals surface area contributed by atoms with E-state index in [1.165, 1.54) is 32.1 Å². The molecule has 0 amide bonds. The van der Waals surface area contributed by atoms with Crippen molar-refractivity contribution in [1.82, 2.24) is 0 Å². The van der Waals surface area contributed by atoms with Crippen molar-refractivity contribution in [2.45, 2.75) is 38.5 Å². The Bertz CT molecular complexity index is 177. The third kappa shape index (κ3) is 1.89. The van der Waals surface area contributed by atoms with Gasteiger partial charge in [0.1, 0.15) is 0 Å². The summed E-state index contributed by atoms with van der Waals surface area (Å²) < 4.78 is 0. The van der Waals surface area contributed by atoms with Gasteiger partial charge < -0.3 is 5.11 Å². The van der Waals surface area contributed by atoms with Gasteiger partial charge in [0, 0.05) is 0 Å². The maximum atomic E-state index is 11.4. The molecule has 1 nitrogen and oxygen atoms in total. The normalized spacial score (nSPS) is 34.5. The van der Waals surface area contributed by atoms with Crippen LogP contribution < -0.4 is 24.0 Å². The molecule has 0 bridgehead atoms. The van der Waals surface area contributed by atoms with E-state index in [4.69, 9.17) is 0 Å². The van der Waals surface area contributed by atoms with E-state index in [1.807, 2.05) is 6.08 Å². The largest absolute Gasteiger partial charge is 1.00 e. The predicted molar refractivity (Wildman–Crippen MR) is 42.8 cm³/mol. The van der Waals surface area contributed by atoms with Crippen LogP contribution in [0.1, 0.15) is 38.5 Å². The van der Waals surface area contributed by atoms with Gasteiger partial charge in [-0.2, -0.15) is 0 Å². The van der Waals surface area contributed by atoms with Gasteiger partial charge in [-0.25, -0.2) is 0 Å². The molecule has 0 aliphatic heterocycles. The minimum absolute atomic E-state index is 0. The van der Waals surface area contributed by atoms with Crippen molar-refractivity contribution in [3.63, 3.8) is 0 Å². The van der Waals surface area contributed by atoms with Crippen LogP contribution in [0, 0.1) is 11.8 Å². The Labute approximate surface area is 86.4 Å². The fourth-order valence-electron chi connectivity index (χ4n) is 2.52. The first-order valence-corrected chi connectivity index (χ1v) is 4.75. The van der Waals surface area contributed by atoms with Gasteiger partial charge >= 0.3 is 18.9 Å². The molecule has 2 rings (SSSR count). The van der Waals surface area contributed by atoms with Crippen molar-refractivity contribution in [3.8, 4) is 0 Å². The van der Waals surface area contributed by atoms with Gasteiger partial charge in [-0.1, -0.05) is 18.9 Å². The van der Waals surface area contributed by atoms with Crippen molar-refractivity contribution >= 4 is 0 Å². The molecular formula is C10H15LiO. The Morgan fingerprint density at radius 1 is 1.17 bits per heavy atom. The zero-order chi connectivity index (χ0) is 7.68. The Morgan fingerprint density at radius 3 is 2.67 bits per heavy atom. The Kier molecular flexibility index (Phi) is 3.74. The summed E-state index contributed by atoms with van der Waals surface area (Å²) in [5, 5.41) is 11.4. The van der Waals surface area contributed by atoms with E-state index >= 15 is 0 Å². The van der Waals surface area contributed by atoms with Gasteiger partial charge in [0.2, 0.25) is 0 Å². The van der Waals surface area contributed by atoms with E-state index in [2.05, 4.69) is 0 Å². The van der Waals surface area contributed by atoms with Crippen LogP contribution in [0.25, 0.3) is 0 Å². The van der Waals surface area contributed by atoms with Gasteiger partial charge in [-0.3, -0.25) is 0 Å². The summed E-state index contributed by atoms with van der Waals surface area (Å²) in [5.74, 6) is 1.62. The van der Waals surface area contributed by atoms with Crippen molar-refractivity contribution in [3.05, 3.63) is 11.8 Å². The van der Waals surface area contributed by atoms with Crippen LogP contribution in [0.2, 0.25) is 0 Å². The molecule has 2 aliphatic rings. The van der Waals surface area contributed by atoms with Crippen LogP contribution in [0.4, 0.5) is 0 Å². The Hall–Kier alpha value is 0.137. The van der Waals surface area contributed by atoms with Gasteiger partial charge in [-0.05, 0) is 37.5 Å². The van der Waals surface area contributed by atoms with Crippen LogP contribution in [-0.2, 0) is 0 Å². The summed E-state index contributed by atoms with van der Waals surface area (Å²) in [6.07, 6.45) is 9.34. The van der Waals surface area contributed by atoms with Crippen LogP contribution in [-0.4, -0.2) is 0 Å². The van der Waals surface area contributed by atoms with E-state index in [9.17, 15) is 5.11 Å². The van der Waals surface area contributed by atoms with Crippen LogP contribution in [0.15, 0.2) is 11.8 Å². The molecule has 0 aromatic heterocycles. The first kappa shape index (κ1) is 10.2. The molecule has 2 heteroatoms. The minimum atomic E-state index is 0. The molecule has 0 aromatic rings. The summed E-state index contributed by atoms with van der Waals surface area (Å²) in [5.41, 5.74) is 0. The molecule has 0 saturated heterocycles. The minimum Gasteiger partial charge on any atom is -0.875 e. The summed E-state index contributed by atoms with van der Waals surface area (Å²) in [6.45, 7) is 0. The van der Waals surface area contributed by atoms with Gasteiger partial charge in [-0.15, -0.1) is 5.76 Å². The van der Waals surface area contributed by atoms with Crippen molar-refractivity contribution in [2.75, 3.05) is 0 Å². The number of hydrogen-bond acceptors (Lipinski definition) is 1. The number of rotatable bonds is 0. The summed E-state index contributed by atoms with van der Waals surface area (Å²) in [4.78, 5) is 0. The molecule has 62 valence electrons. The first-order chi connectivity index (χ1) is 5.38. The number of fused-ring (bicyclic) bond motifs is 1.